The molecule has 4 nitrogen and oxygen atoms in total. The van der Waals surface area contributed by atoms with Crippen LogP contribution >= 0.6 is 0 Å². The minimum atomic E-state index is 0.00242. The smallest absolute Gasteiger partial charge is 0.220 e. The molecule has 0 aliphatic rings. The molecule has 0 aromatic heterocycles. The van der Waals surface area contributed by atoms with Crippen molar-refractivity contribution in [3.63, 3.8) is 0 Å². The number of hydrogen-bond donors (Lipinski definition) is 2. The van der Waals surface area contributed by atoms with Crippen LogP contribution in [0.3, 0.4) is 0 Å². The number of nitrogens with two attached hydrogens (primary N) is 1. The van der Waals surface area contributed by atoms with E-state index >= 15 is 0 Å². The van der Waals surface area contributed by atoms with Crippen molar-refractivity contribution >= 4 is 5.91 Å². The molecule has 0 spiro atoms. The summed E-state index contributed by atoms with van der Waals surface area (Å²) in [5, 5.41) is 2.89. The summed E-state index contributed by atoms with van der Waals surface area (Å²) < 4.78 is 5.64. The van der Waals surface area contributed by atoms with E-state index in [0.29, 0.717) is 19.4 Å². The third kappa shape index (κ3) is 5.02. The number of hydrogen-bond acceptors (Lipinski definition) is 3. The molecule has 0 aliphatic carbocycles. The topological polar surface area (TPSA) is 64.3 Å². The highest BCUT2D eigenvalue weighted by molar-refractivity contribution is 5.76. The Morgan fingerprint density at radius 3 is 2.50 bits per heavy atom. The molecule has 0 radical (unpaired) electrons. The SMILES string of the molecule is COc1c(CCC(=O)NC(C)CN)cc(C)cc1C(C)(C)C. The summed E-state index contributed by atoms with van der Waals surface area (Å²) in [5.74, 6) is 0.927. The molecule has 0 bridgehead atoms. The fraction of sp³-hybridized carbons (Fsp3) is 0.611. The first kappa shape index (κ1) is 18.5. The number of nitrogens with one attached hydrogen (secondary N) is 1. The molecule has 0 heterocycles. The Morgan fingerprint density at radius 2 is 2.00 bits per heavy atom. The van der Waals surface area contributed by atoms with Gasteiger partial charge in [0.15, 0.2) is 0 Å². The summed E-state index contributed by atoms with van der Waals surface area (Å²) in [5.41, 5.74) is 8.99. The van der Waals surface area contributed by atoms with Crippen LogP contribution in [0.4, 0.5) is 0 Å². The van der Waals surface area contributed by atoms with E-state index in [2.05, 4.69) is 45.1 Å². The number of methoxy groups -OCH3 is 1. The maximum absolute atomic E-state index is 11.9. The van der Waals surface area contributed by atoms with E-state index in [1.807, 2.05) is 6.92 Å². The number of ether oxygens (including phenoxy) is 1. The molecule has 0 fully saturated rings. The van der Waals surface area contributed by atoms with Gasteiger partial charge in [0, 0.05) is 24.6 Å². The molecule has 0 aliphatic heterocycles. The standard InChI is InChI=1S/C18H30N2O2/c1-12-9-14(7-8-16(21)20-13(2)11-19)17(22-6)15(10-12)18(3,4)5/h9-10,13H,7-8,11,19H2,1-6H3,(H,20,21). The maximum Gasteiger partial charge on any atom is 0.220 e. The van der Waals surface area contributed by atoms with Crippen molar-refractivity contribution in [1.82, 2.24) is 5.32 Å². The van der Waals surface area contributed by atoms with Crippen LogP contribution in [-0.4, -0.2) is 25.6 Å². The number of amides is 1. The van der Waals surface area contributed by atoms with E-state index in [1.54, 1.807) is 7.11 Å². The van der Waals surface area contributed by atoms with Crippen molar-refractivity contribution in [1.29, 1.82) is 0 Å². The predicted octanol–water partition coefficient (Wildman–Crippen LogP) is 2.70. The van der Waals surface area contributed by atoms with Crippen LogP contribution in [0.15, 0.2) is 12.1 Å². The molecule has 1 amide bonds. The normalized spacial score (nSPS) is 12.9. The lowest BCUT2D eigenvalue weighted by Gasteiger charge is -2.25. The first-order valence-corrected chi connectivity index (χ1v) is 7.86. The zero-order chi connectivity index (χ0) is 16.9. The Hall–Kier alpha value is -1.55. The fourth-order valence-corrected chi connectivity index (χ4v) is 2.49. The van der Waals surface area contributed by atoms with Gasteiger partial charge in [-0.15, -0.1) is 0 Å². The number of rotatable bonds is 6. The van der Waals surface area contributed by atoms with E-state index in [1.165, 1.54) is 11.1 Å². The van der Waals surface area contributed by atoms with Gasteiger partial charge < -0.3 is 15.8 Å². The second-order valence-electron chi connectivity index (χ2n) is 6.96. The molecule has 3 N–H and O–H groups in total. The lowest BCUT2D eigenvalue weighted by atomic mass is 9.83. The van der Waals surface area contributed by atoms with Gasteiger partial charge in [0.1, 0.15) is 5.75 Å². The molecular weight excluding hydrogens is 276 g/mol. The van der Waals surface area contributed by atoms with Gasteiger partial charge in [-0.1, -0.05) is 38.5 Å². The lowest BCUT2D eigenvalue weighted by molar-refractivity contribution is -0.121. The van der Waals surface area contributed by atoms with Gasteiger partial charge in [0.05, 0.1) is 7.11 Å². The first-order valence-electron chi connectivity index (χ1n) is 7.86. The van der Waals surface area contributed by atoms with E-state index < -0.39 is 0 Å². The van der Waals surface area contributed by atoms with Gasteiger partial charge in [-0.05, 0) is 31.2 Å². The average molecular weight is 306 g/mol. The Kier molecular flexibility index (Phi) is 6.42. The third-order valence-electron chi connectivity index (χ3n) is 3.70. The van der Waals surface area contributed by atoms with Crippen molar-refractivity contribution in [3.05, 3.63) is 28.8 Å². The third-order valence-corrected chi connectivity index (χ3v) is 3.70. The van der Waals surface area contributed by atoms with Crippen LogP contribution in [0.1, 0.15) is 50.8 Å². The highest BCUT2D eigenvalue weighted by Gasteiger charge is 2.22. The summed E-state index contributed by atoms with van der Waals surface area (Å²) in [7, 11) is 1.69. The number of aryl methyl sites for hydroxylation is 2. The van der Waals surface area contributed by atoms with E-state index in [0.717, 1.165) is 11.3 Å². The van der Waals surface area contributed by atoms with Crippen LogP contribution in [0, 0.1) is 6.92 Å². The molecule has 0 saturated heterocycles. The molecule has 22 heavy (non-hydrogen) atoms. The van der Waals surface area contributed by atoms with Crippen molar-refractivity contribution in [2.24, 2.45) is 5.73 Å². The van der Waals surface area contributed by atoms with Gasteiger partial charge >= 0.3 is 0 Å². The minimum Gasteiger partial charge on any atom is -0.496 e. The Bertz CT molecular complexity index is 519. The van der Waals surface area contributed by atoms with Gasteiger partial charge in [0.25, 0.3) is 0 Å². The van der Waals surface area contributed by atoms with Crippen LogP contribution in [0.5, 0.6) is 5.75 Å². The van der Waals surface area contributed by atoms with Gasteiger partial charge in [0.2, 0.25) is 5.91 Å². The second-order valence-corrected chi connectivity index (χ2v) is 6.96. The molecule has 1 rings (SSSR count). The Morgan fingerprint density at radius 1 is 1.36 bits per heavy atom. The summed E-state index contributed by atoms with van der Waals surface area (Å²) in [6.45, 7) is 10.9. The van der Waals surface area contributed by atoms with Gasteiger partial charge in [-0.25, -0.2) is 0 Å². The van der Waals surface area contributed by atoms with Crippen LogP contribution in [0.25, 0.3) is 0 Å². The van der Waals surface area contributed by atoms with Gasteiger partial charge in [-0.3, -0.25) is 4.79 Å². The predicted molar refractivity (Wildman–Crippen MR) is 91.4 cm³/mol. The largest absolute Gasteiger partial charge is 0.496 e. The van der Waals surface area contributed by atoms with E-state index in [9.17, 15) is 4.79 Å². The highest BCUT2D eigenvalue weighted by Crippen LogP contribution is 2.35. The van der Waals surface area contributed by atoms with E-state index in [-0.39, 0.29) is 17.4 Å². The monoisotopic (exact) mass is 306 g/mol. The van der Waals surface area contributed by atoms with Gasteiger partial charge in [-0.2, -0.15) is 0 Å². The minimum absolute atomic E-state index is 0.00242. The van der Waals surface area contributed by atoms with Crippen molar-refractivity contribution in [3.8, 4) is 5.75 Å². The molecule has 1 atom stereocenters. The Labute approximate surface area is 134 Å². The quantitative estimate of drug-likeness (QED) is 0.849. The number of benzene rings is 1. The van der Waals surface area contributed by atoms with Crippen LogP contribution in [-0.2, 0) is 16.6 Å². The van der Waals surface area contributed by atoms with Crippen molar-refractivity contribution in [2.45, 2.75) is 58.9 Å². The first-order chi connectivity index (χ1) is 10.2. The number of carbonyl (C=O) groups excluding carboxylic acids is 1. The Balaban J connectivity index is 2.95. The van der Waals surface area contributed by atoms with Crippen molar-refractivity contribution in [2.75, 3.05) is 13.7 Å². The molecule has 124 valence electrons. The average Bonchev–Trinajstić information content (AvgIpc) is 2.43. The summed E-state index contributed by atoms with van der Waals surface area (Å²) in [6, 6.07) is 4.28. The number of carbonyl (C=O) groups is 1. The van der Waals surface area contributed by atoms with Crippen molar-refractivity contribution < 1.29 is 9.53 Å². The molecule has 1 aromatic rings. The summed E-state index contributed by atoms with van der Waals surface area (Å²) in [4.78, 5) is 11.9. The zero-order valence-corrected chi connectivity index (χ0v) is 14.7. The van der Waals surface area contributed by atoms with Crippen LogP contribution in [0.2, 0.25) is 0 Å². The highest BCUT2D eigenvalue weighted by atomic mass is 16.5. The van der Waals surface area contributed by atoms with E-state index in [4.69, 9.17) is 10.5 Å². The molecular formula is C18H30N2O2. The summed E-state index contributed by atoms with van der Waals surface area (Å²) >= 11 is 0. The molecule has 1 unspecified atom stereocenters. The molecule has 0 saturated carbocycles. The zero-order valence-electron chi connectivity index (χ0n) is 14.7. The molecule has 4 heteroatoms. The summed E-state index contributed by atoms with van der Waals surface area (Å²) in [6.07, 6.45) is 1.10. The maximum atomic E-state index is 11.9. The fourth-order valence-electron chi connectivity index (χ4n) is 2.49. The second kappa shape index (κ2) is 7.63. The van der Waals surface area contributed by atoms with Crippen LogP contribution < -0.4 is 15.8 Å². The molecule has 1 aromatic carbocycles. The lowest BCUT2D eigenvalue weighted by Crippen LogP contribution is -2.37.